The van der Waals surface area contributed by atoms with Gasteiger partial charge in [0.15, 0.2) is 0 Å². The molecule has 2 aromatic carbocycles. The van der Waals surface area contributed by atoms with E-state index in [0.717, 1.165) is 77.8 Å². The van der Waals surface area contributed by atoms with Gasteiger partial charge in [0, 0.05) is 66.9 Å². The summed E-state index contributed by atoms with van der Waals surface area (Å²) in [4.78, 5) is 14.1. The van der Waals surface area contributed by atoms with Gasteiger partial charge in [0.1, 0.15) is 11.5 Å². The van der Waals surface area contributed by atoms with Gasteiger partial charge < -0.3 is 24.7 Å². The van der Waals surface area contributed by atoms with E-state index in [1.54, 1.807) is 32.8 Å². The number of aromatic nitrogens is 4. The van der Waals surface area contributed by atoms with Crippen LogP contribution in [0.25, 0.3) is 22.3 Å². The van der Waals surface area contributed by atoms with Gasteiger partial charge in [-0.15, -0.1) is 0 Å². The fourth-order valence-electron chi connectivity index (χ4n) is 4.50. The van der Waals surface area contributed by atoms with E-state index in [-0.39, 0.29) is 0 Å². The first-order valence-electron chi connectivity index (χ1n) is 11.7. The molecular weight excluding hydrogens is 442 g/mol. The van der Waals surface area contributed by atoms with Crippen molar-refractivity contribution in [3.63, 3.8) is 0 Å². The number of methoxy groups -OCH3 is 2. The SMILES string of the molecule is COc1cc(OC)cc(N(CCN2CC[C@H](C=N)C2)c2ccc3ncc(-c4cn[nH]c4)nc3c2)c1. The van der Waals surface area contributed by atoms with Crippen molar-refractivity contribution >= 4 is 28.6 Å². The molecule has 3 heterocycles. The van der Waals surface area contributed by atoms with E-state index in [1.807, 2.05) is 30.5 Å². The van der Waals surface area contributed by atoms with Crippen LogP contribution < -0.4 is 14.4 Å². The molecule has 9 nitrogen and oxygen atoms in total. The van der Waals surface area contributed by atoms with Crippen molar-refractivity contribution in [3.8, 4) is 22.8 Å². The second-order valence-corrected chi connectivity index (χ2v) is 8.65. The highest BCUT2D eigenvalue weighted by molar-refractivity contribution is 5.82. The van der Waals surface area contributed by atoms with Gasteiger partial charge in [-0.2, -0.15) is 5.10 Å². The minimum Gasteiger partial charge on any atom is -0.497 e. The number of nitrogens with one attached hydrogen (secondary N) is 2. The van der Waals surface area contributed by atoms with Crippen LogP contribution in [0.2, 0.25) is 0 Å². The minimum absolute atomic E-state index is 0.345. The van der Waals surface area contributed by atoms with Crippen molar-refractivity contribution in [1.82, 2.24) is 25.1 Å². The second kappa shape index (κ2) is 10.1. The highest BCUT2D eigenvalue weighted by Crippen LogP contribution is 2.34. The molecule has 1 aliphatic rings. The fraction of sp³-hybridized carbons (Fsp3) is 0.308. The van der Waals surface area contributed by atoms with Crippen LogP contribution in [0.5, 0.6) is 11.5 Å². The van der Waals surface area contributed by atoms with Crippen molar-refractivity contribution in [1.29, 1.82) is 5.41 Å². The van der Waals surface area contributed by atoms with Crippen LogP contribution in [0.15, 0.2) is 55.0 Å². The van der Waals surface area contributed by atoms with Gasteiger partial charge in [-0.3, -0.25) is 10.1 Å². The third-order valence-corrected chi connectivity index (χ3v) is 6.46. The quantitative estimate of drug-likeness (QED) is 0.354. The molecule has 5 rings (SSSR count). The number of likely N-dealkylation sites (tertiary alicyclic amines) is 1. The number of ether oxygens (including phenoxy) is 2. The molecule has 0 amide bonds. The molecule has 1 aliphatic heterocycles. The first-order chi connectivity index (χ1) is 17.2. The molecule has 2 N–H and O–H groups in total. The highest BCUT2D eigenvalue weighted by atomic mass is 16.5. The van der Waals surface area contributed by atoms with E-state index in [1.165, 1.54) is 0 Å². The molecule has 0 bridgehead atoms. The molecule has 4 aromatic rings. The van der Waals surface area contributed by atoms with Crippen LogP contribution in [0, 0.1) is 11.3 Å². The maximum absolute atomic E-state index is 7.60. The lowest BCUT2D eigenvalue weighted by molar-refractivity contribution is 0.343. The Bertz CT molecular complexity index is 1290. The Morgan fingerprint density at radius 1 is 1.09 bits per heavy atom. The second-order valence-electron chi connectivity index (χ2n) is 8.65. The van der Waals surface area contributed by atoms with Crippen molar-refractivity contribution in [3.05, 3.63) is 55.0 Å². The van der Waals surface area contributed by atoms with Crippen molar-refractivity contribution < 1.29 is 9.47 Å². The van der Waals surface area contributed by atoms with Gasteiger partial charge in [-0.1, -0.05) is 0 Å². The number of H-pyrrole nitrogens is 1. The molecule has 0 radical (unpaired) electrons. The van der Waals surface area contributed by atoms with Gasteiger partial charge in [0.05, 0.1) is 43.3 Å². The zero-order chi connectivity index (χ0) is 24.2. The van der Waals surface area contributed by atoms with Crippen LogP contribution in [0.4, 0.5) is 11.4 Å². The summed E-state index contributed by atoms with van der Waals surface area (Å²) in [6.07, 6.45) is 7.94. The predicted molar refractivity (Wildman–Crippen MR) is 137 cm³/mol. The smallest absolute Gasteiger partial charge is 0.124 e. The molecule has 1 saturated heterocycles. The van der Waals surface area contributed by atoms with Gasteiger partial charge in [-0.25, -0.2) is 4.98 Å². The van der Waals surface area contributed by atoms with Crippen molar-refractivity contribution in [2.75, 3.05) is 45.3 Å². The number of aromatic amines is 1. The zero-order valence-electron chi connectivity index (χ0n) is 19.9. The average molecular weight is 472 g/mol. The Morgan fingerprint density at radius 2 is 1.91 bits per heavy atom. The lowest BCUT2D eigenvalue weighted by atomic mass is 10.1. The third kappa shape index (κ3) is 4.95. The van der Waals surface area contributed by atoms with Crippen molar-refractivity contribution in [2.45, 2.75) is 6.42 Å². The number of hydrogen-bond acceptors (Lipinski definition) is 8. The van der Waals surface area contributed by atoms with Crippen LogP contribution in [-0.2, 0) is 0 Å². The summed E-state index contributed by atoms with van der Waals surface area (Å²) in [6.45, 7) is 3.58. The summed E-state index contributed by atoms with van der Waals surface area (Å²) >= 11 is 0. The van der Waals surface area contributed by atoms with Gasteiger partial charge >= 0.3 is 0 Å². The van der Waals surface area contributed by atoms with E-state index in [0.29, 0.717) is 5.92 Å². The van der Waals surface area contributed by atoms with E-state index in [9.17, 15) is 0 Å². The summed E-state index contributed by atoms with van der Waals surface area (Å²) in [7, 11) is 3.32. The highest BCUT2D eigenvalue weighted by Gasteiger charge is 2.22. The van der Waals surface area contributed by atoms with Crippen LogP contribution in [0.1, 0.15) is 6.42 Å². The molecule has 2 aromatic heterocycles. The summed E-state index contributed by atoms with van der Waals surface area (Å²) in [5, 5.41) is 14.5. The number of rotatable bonds is 9. The lowest BCUT2D eigenvalue weighted by Gasteiger charge is -2.28. The zero-order valence-corrected chi connectivity index (χ0v) is 19.9. The Hall–Kier alpha value is -3.98. The van der Waals surface area contributed by atoms with E-state index in [4.69, 9.17) is 19.9 Å². The summed E-state index contributed by atoms with van der Waals surface area (Å²) in [5.74, 6) is 1.81. The van der Waals surface area contributed by atoms with Gasteiger partial charge in [0.25, 0.3) is 0 Å². The average Bonchev–Trinajstić information content (AvgIpc) is 3.60. The normalized spacial score (nSPS) is 15.9. The lowest BCUT2D eigenvalue weighted by Crippen LogP contribution is -2.31. The van der Waals surface area contributed by atoms with E-state index in [2.05, 4.69) is 37.1 Å². The molecule has 1 fully saturated rings. The number of nitrogens with zero attached hydrogens (tertiary/aromatic N) is 5. The third-order valence-electron chi connectivity index (χ3n) is 6.46. The Kier molecular flexibility index (Phi) is 6.58. The molecule has 0 unspecified atom stereocenters. The fourth-order valence-corrected chi connectivity index (χ4v) is 4.50. The Labute approximate surface area is 204 Å². The van der Waals surface area contributed by atoms with Crippen molar-refractivity contribution in [2.24, 2.45) is 5.92 Å². The summed E-state index contributed by atoms with van der Waals surface area (Å²) in [5.41, 5.74) is 5.29. The summed E-state index contributed by atoms with van der Waals surface area (Å²) in [6, 6.07) is 12.1. The van der Waals surface area contributed by atoms with E-state index < -0.39 is 0 Å². The Balaban J connectivity index is 1.51. The maximum Gasteiger partial charge on any atom is 0.124 e. The standard InChI is InChI=1S/C26H29N7O2/c1-34-22-9-21(10-23(12-22)35-2)33(8-7-32-6-5-18(13-27)17-32)20-3-4-24-25(11-20)31-26(16-28-24)19-14-29-30-15-19/h3-4,9-16,18,27H,5-8,17H2,1-2H3,(H,29,30)/t18-/m1/s1. The number of anilines is 2. The molecule has 0 aliphatic carbocycles. The largest absolute Gasteiger partial charge is 0.497 e. The van der Waals surface area contributed by atoms with Gasteiger partial charge in [-0.05, 0) is 37.4 Å². The summed E-state index contributed by atoms with van der Waals surface area (Å²) < 4.78 is 11.1. The molecular formula is C26H29N7O2. The predicted octanol–water partition coefficient (Wildman–Crippen LogP) is 4.15. The first kappa shape index (κ1) is 22.8. The molecule has 0 saturated carbocycles. The Morgan fingerprint density at radius 3 is 2.60 bits per heavy atom. The number of benzene rings is 2. The molecule has 0 spiro atoms. The first-order valence-corrected chi connectivity index (χ1v) is 11.7. The molecule has 35 heavy (non-hydrogen) atoms. The number of fused-ring (bicyclic) bond motifs is 1. The maximum atomic E-state index is 7.60. The monoisotopic (exact) mass is 471 g/mol. The topological polar surface area (TPSA) is 103 Å². The molecule has 1 atom stereocenters. The van der Waals surface area contributed by atoms with Crippen LogP contribution >= 0.6 is 0 Å². The van der Waals surface area contributed by atoms with Crippen LogP contribution in [0.3, 0.4) is 0 Å². The van der Waals surface area contributed by atoms with Crippen LogP contribution in [-0.4, -0.2) is 71.7 Å². The van der Waals surface area contributed by atoms with Gasteiger partial charge in [0.2, 0.25) is 0 Å². The van der Waals surface area contributed by atoms with E-state index >= 15 is 0 Å². The molecule has 180 valence electrons. The molecule has 9 heteroatoms. The number of hydrogen-bond donors (Lipinski definition) is 2. The minimum atomic E-state index is 0.345.